The predicted molar refractivity (Wildman–Crippen MR) is 142 cm³/mol. The third kappa shape index (κ3) is 5.78. The highest BCUT2D eigenvalue weighted by Crippen LogP contribution is 2.39. The molecule has 37 heavy (non-hydrogen) atoms. The van der Waals surface area contributed by atoms with Crippen LogP contribution in [0.15, 0.2) is 71.3 Å². The number of nitrogens with zero attached hydrogens (tertiary/aromatic N) is 2. The van der Waals surface area contributed by atoms with Crippen LogP contribution in [0.2, 0.25) is 0 Å². The quantitative estimate of drug-likeness (QED) is 0.273. The topological polar surface area (TPSA) is 154 Å². The SMILES string of the molecule is Cc1c(-c2ccccc2O)nc(NC(=O)c2ccco2)c(C#N)c1-c1cccc(NC(=O)CCN)c1.Cl. The fraction of sp³-hybridized carbons (Fsp3) is 0.111. The molecule has 9 nitrogen and oxygen atoms in total. The van der Waals surface area contributed by atoms with Gasteiger partial charge in [-0.15, -0.1) is 12.4 Å². The molecule has 4 rings (SSSR count). The van der Waals surface area contributed by atoms with E-state index in [1.54, 1.807) is 55.5 Å². The van der Waals surface area contributed by atoms with Crippen molar-refractivity contribution in [2.24, 2.45) is 5.73 Å². The van der Waals surface area contributed by atoms with Crippen LogP contribution in [0.25, 0.3) is 22.4 Å². The number of carbonyl (C=O) groups excluding carboxylic acids is 2. The van der Waals surface area contributed by atoms with E-state index in [0.717, 1.165) is 0 Å². The van der Waals surface area contributed by atoms with Gasteiger partial charge in [0.15, 0.2) is 11.6 Å². The summed E-state index contributed by atoms with van der Waals surface area (Å²) in [7, 11) is 0. The number of hydrogen-bond acceptors (Lipinski definition) is 7. The van der Waals surface area contributed by atoms with E-state index < -0.39 is 5.91 Å². The van der Waals surface area contributed by atoms with E-state index in [-0.39, 0.29) is 54.2 Å². The lowest BCUT2D eigenvalue weighted by Crippen LogP contribution is -2.16. The first-order valence-electron chi connectivity index (χ1n) is 11.1. The zero-order valence-corrected chi connectivity index (χ0v) is 20.6. The second-order valence-corrected chi connectivity index (χ2v) is 7.91. The molecule has 0 saturated heterocycles. The van der Waals surface area contributed by atoms with Gasteiger partial charge in [0.1, 0.15) is 17.4 Å². The summed E-state index contributed by atoms with van der Waals surface area (Å²) in [4.78, 5) is 29.4. The Bertz CT molecular complexity index is 1480. The van der Waals surface area contributed by atoms with Crippen molar-refractivity contribution in [3.8, 4) is 34.2 Å². The molecule has 0 aliphatic carbocycles. The number of amides is 2. The molecule has 0 aliphatic heterocycles. The Balaban J connectivity index is 0.00000380. The molecule has 2 heterocycles. The van der Waals surface area contributed by atoms with Crippen molar-refractivity contribution in [1.82, 2.24) is 4.98 Å². The summed E-state index contributed by atoms with van der Waals surface area (Å²) in [5, 5.41) is 26.1. The summed E-state index contributed by atoms with van der Waals surface area (Å²) < 4.78 is 5.17. The van der Waals surface area contributed by atoms with Crippen LogP contribution >= 0.6 is 12.4 Å². The van der Waals surface area contributed by atoms with Crippen LogP contribution < -0.4 is 16.4 Å². The zero-order chi connectivity index (χ0) is 25.7. The lowest BCUT2D eigenvalue weighted by atomic mass is 9.92. The average Bonchev–Trinajstić information content (AvgIpc) is 3.41. The molecule has 0 fully saturated rings. The molecule has 5 N–H and O–H groups in total. The fourth-order valence-corrected chi connectivity index (χ4v) is 3.86. The molecule has 0 saturated carbocycles. The maximum atomic E-state index is 12.8. The second-order valence-electron chi connectivity index (χ2n) is 7.91. The molecule has 2 aromatic heterocycles. The van der Waals surface area contributed by atoms with Crippen LogP contribution in [0.5, 0.6) is 5.75 Å². The molecular formula is C27H24ClN5O4. The van der Waals surface area contributed by atoms with Gasteiger partial charge in [-0.2, -0.15) is 5.26 Å². The number of carbonyl (C=O) groups is 2. The molecule has 2 amide bonds. The van der Waals surface area contributed by atoms with Gasteiger partial charge in [-0.05, 0) is 54.4 Å². The number of phenols is 1. The van der Waals surface area contributed by atoms with Gasteiger partial charge >= 0.3 is 0 Å². The van der Waals surface area contributed by atoms with Gasteiger partial charge in [-0.1, -0.05) is 24.3 Å². The van der Waals surface area contributed by atoms with Crippen molar-refractivity contribution in [2.75, 3.05) is 17.2 Å². The van der Waals surface area contributed by atoms with Gasteiger partial charge in [0.05, 0.1) is 12.0 Å². The highest BCUT2D eigenvalue weighted by atomic mass is 35.5. The number of aromatic nitrogens is 1. The summed E-state index contributed by atoms with van der Waals surface area (Å²) >= 11 is 0. The number of phenolic OH excluding ortho intramolecular Hbond substituents is 1. The van der Waals surface area contributed by atoms with Gasteiger partial charge in [-0.3, -0.25) is 9.59 Å². The fourth-order valence-electron chi connectivity index (χ4n) is 3.86. The minimum absolute atomic E-state index is 0. The smallest absolute Gasteiger partial charge is 0.292 e. The van der Waals surface area contributed by atoms with E-state index in [0.29, 0.717) is 33.6 Å². The van der Waals surface area contributed by atoms with Crippen molar-refractivity contribution < 1.29 is 19.1 Å². The number of nitrogens with one attached hydrogen (secondary N) is 2. The summed E-state index contributed by atoms with van der Waals surface area (Å²) in [6.07, 6.45) is 1.54. The van der Waals surface area contributed by atoms with Crippen LogP contribution in [0.4, 0.5) is 11.5 Å². The number of furan rings is 1. The van der Waals surface area contributed by atoms with Crippen molar-refractivity contribution >= 4 is 35.7 Å². The van der Waals surface area contributed by atoms with Crippen LogP contribution in [-0.4, -0.2) is 28.4 Å². The van der Waals surface area contributed by atoms with E-state index in [1.165, 1.54) is 18.4 Å². The molecular weight excluding hydrogens is 494 g/mol. The summed E-state index contributed by atoms with van der Waals surface area (Å²) in [5.74, 6) is -0.755. The molecule has 2 aromatic carbocycles. The van der Waals surface area contributed by atoms with Gasteiger partial charge in [-0.25, -0.2) is 4.98 Å². The van der Waals surface area contributed by atoms with E-state index in [9.17, 15) is 20.0 Å². The lowest BCUT2D eigenvalue weighted by Gasteiger charge is -2.18. The molecule has 0 spiro atoms. The van der Waals surface area contributed by atoms with E-state index >= 15 is 0 Å². The minimum Gasteiger partial charge on any atom is -0.507 e. The Hall–Kier alpha value is -4.65. The van der Waals surface area contributed by atoms with Crippen molar-refractivity contribution in [2.45, 2.75) is 13.3 Å². The Morgan fingerprint density at radius 1 is 1.11 bits per heavy atom. The van der Waals surface area contributed by atoms with Crippen molar-refractivity contribution in [1.29, 1.82) is 5.26 Å². The number of nitriles is 1. The predicted octanol–water partition coefficient (Wildman–Crippen LogP) is 4.86. The van der Waals surface area contributed by atoms with Crippen LogP contribution in [-0.2, 0) is 4.79 Å². The normalized spacial score (nSPS) is 10.2. The number of nitrogens with two attached hydrogens (primary N) is 1. The number of benzene rings is 2. The number of para-hydroxylation sites is 1. The highest BCUT2D eigenvalue weighted by molar-refractivity contribution is 6.03. The molecule has 4 aromatic rings. The first kappa shape index (κ1) is 26.9. The summed E-state index contributed by atoms with van der Waals surface area (Å²) in [6.45, 7) is 2.00. The van der Waals surface area contributed by atoms with Crippen LogP contribution in [0.3, 0.4) is 0 Å². The largest absolute Gasteiger partial charge is 0.507 e. The first-order valence-corrected chi connectivity index (χ1v) is 11.1. The minimum atomic E-state index is -0.579. The molecule has 188 valence electrons. The Labute approximate surface area is 219 Å². The van der Waals surface area contributed by atoms with E-state index in [2.05, 4.69) is 21.7 Å². The number of anilines is 2. The molecule has 0 bridgehead atoms. The van der Waals surface area contributed by atoms with E-state index in [1.807, 2.05) is 0 Å². The first-order chi connectivity index (χ1) is 17.4. The van der Waals surface area contributed by atoms with Gasteiger partial charge in [0.2, 0.25) is 5.91 Å². The Morgan fingerprint density at radius 2 is 1.89 bits per heavy atom. The van der Waals surface area contributed by atoms with Gasteiger partial charge in [0, 0.05) is 29.8 Å². The molecule has 0 aliphatic rings. The number of rotatable bonds is 7. The van der Waals surface area contributed by atoms with Crippen molar-refractivity contribution in [3.63, 3.8) is 0 Å². The highest BCUT2D eigenvalue weighted by Gasteiger charge is 2.23. The average molecular weight is 518 g/mol. The van der Waals surface area contributed by atoms with Gasteiger partial charge < -0.3 is 25.9 Å². The van der Waals surface area contributed by atoms with Crippen molar-refractivity contribution in [3.05, 3.63) is 83.8 Å². The Kier molecular flexibility index (Phi) is 8.64. The van der Waals surface area contributed by atoms with Crippen LogP contribution in [0, 0.1) is 18.3 Å². The third-order valence-electron chi connectivity index (χ3n) is 5.49. The third-order valence-corrected chi connectivity index (χ3v) is 5.49. The van der Waals surface area contributed by atoms with E-state index in [4.69, 9.17) is 10.2 Å². The summed E-state index contributed by atoms with van der Waals surface area (Å²) in [5.41, 5.74) is 8.65. The second kappa shape index (κ2) is 11.9. The molecule has 10 heteroatoms. The number of halogens is 1. The standard InChI is InChI=1S/C27H23N5O4.ClH/c1-16-24(17-6-4-7-18(14-17)30-23(34)11-12-28)20(15-29)26(32-27(35)22-10-5-13-36-22)31-25(16)19-8-2-3-9-21(19)33;/h2-10,13-14,33H,11-12,28H2,1H3,(H,30,34)(H,31,32,35);1H. The maximum absolute atomic E-state index is 12.8. The number of pyridine rings is 1. The molecule has 0 unspecified atom stereocenters. The monoisotopic (exact) mass is 517 g/mol. The maximum Gasteiger partial charge on any atom is 0.292 e. The number of aromatic hydroxyl groups is 1. The molecule has 0 atom stereocenters. The van der Waals surface area contributed by atoms with Gasteiger partial charge in [0.25, 0.3) is 5.91 Å². The lowest BCUT2D eigenvalue weighted by molar-refractivity contribution is -0.116. The Morgan fingerprint density at radius 3 is 2.57 bits per heavy atom. The zero-order valence-electron chi connectivity index (χ0n) is 19.8. The number of hydrogen-bond donors (Lipinski definition) is 4. The van der Waals surface area contributed by atoms with Crippen LogP contribution in [0.1, 0.15) is 28.1 Å². The summed E-state index contributed by atoms with van der Waals surface area (Å²) in [6, 6.07) is 18.9. The molecule has 0 radical (unpaired) electrons.